The lowest BCUT2D eigenvalue weighted by Crippen LogP contribution is -2.68. The zero-order valence-corrected chi connectivity index (χ0v) is 23.5. The fourth-order valence-corrected chi connectivity index (χ4v) is 5.36. The van der Waals surface area contributed by atoms with Crippen LogP contribution in [0.15, 0.2) is 11.6 Å². The number of hydrogen-bond acceptors (Lipinski definition) is 19. The molecule has 0 aromatic heterocycles. The quantitative estimate of drug-likeness (QED) is 0.0653. The molecule has 2 aliphatic heterocycles. The zero-order valence-electron chi connectivity index (χ0n) is 23.5. The number of hydrogen-bond donors (Lipinski definition) is 14. The molecule has 256 valence electrons. The Morgan fingerprint density at radius 1 is 0.886 bits per heavy atom. The van der Waals surface area contributed by atoms with E-state index in [1.165, 1.54) is 13.0 Å². The molecule has 2 saturated heterocycles. The summed E-state index contributed by atoms with van der Waals surface area (Å²) in [4.78, 5) is 10.9. The zero-order chi connectivity index (χ0) is 33.0. The van der Waals surface area contributed by atoms with Crippen LogP contribution in [0.1, 0.15) is 6.92 Å². The summed E-state index contributed by atoms with van der Waals surface area (Å²) in [5.41, 5.74) is 0.00900. The normalized spacial score (nSPS) is 44.4. The molecule has 19 nitrogen and oxygen atoms in total. The molecule has 1 aliphatic carbocycles. The van der Waals surface area contributed by atoms with Gasteiger partial charge >= 0.3 is 0 Å². The second-order valence-corrected chi connectivity index (χ2v) is 11.0. The van der Waals surface area contributed by atoms with Gasteiger partial charge in [0.05, 0.1) is 38.0 Å². The topological polar surface area (TPSA) is 329 Å². The summed E-state index contributed by atoms with van der Waals surface area (Å²) in [6.45, 7) is -1.08. The molecular formula is C25H43NO18. The summed E-state index contributed by atoms with van der Waals surface area (Å²) in [5.74, 6) is 0. The highest BCUT2D eigenvalue weighted by atomic mass is 16.7. The fraction of sp³-hybridized carbons (Fsp3) is 0.880. The maximum Gasteiger partial charge on any atom is 0.187 e. The molecular weight excluding hydrogens is 602 g/mol. The van der Waals surface area contributed by atoms with Gasteiger partial charge in [0.15, 0.2) is 18.9 Å². The molecule has 0 aromatic rings. The Bertz CT molecular complexity index is 943. The van der Waals surface area contributed by atoms with E-state index in [1.807, 2.05) is 0 Å². The van der Waals surface area contributed by atoms with E-state index in [-0.39, 0.29) is 11.9 Å². The van der Waals surface area contributed by atoms with Crippen LogP contribution in [0.25, 0.3) is 0 Å². The molecule has 3 rings (SSSR count). The number of aliphatic hydroxyl groups excluding tert-OH is 13. The van der Waals surface area contributed by atoms with Crippen molar-refractivity contribution in [1.82, 2.24) is 5.32 Å². The third kappa shape index (κ3) is 7.79. The number of aldehydes is 1. The Balaban J connectivity index is 1.71. The van der Waals surface area contributed by atoms with E-state index in [0.29, 0.717) is 0 Å². The summed E-state index contributed by atoms with van der Waals surface area (Å²) in [5, 5.41) is 135. The number of carbonyl (C=O) groups excluding carboxylic acids is 1. The van der Waals surface area contributed by atoms with Crippen LogP contribution >= 0.6 is 0 Å². The van der Waals surface area contributed by atoms with Gasteiger partial charge in [0.1, 0.15) is 79.4 Å². The lowest BCUT2D eigenvalue weighted by Gasteiger charge is -2.48. The Morgan fingerprint density at radius 3 is 2.09 bits per heavy atom. The summed E-state index contributed by atoms with van der Waals surface area (Å²) in [7, 11) is 0. The van der Waals surface area contributed by atoms with Gasteiger partial charge in [-0.2, -0.15) is 0 Å². The van der Waals surface area contributed by atoms with E-state index in [2.05, 4.69) is 5.32 Å². The molecule has 3 aliphatic rings. The van der Waals surface area contributed by atoms with Crippen molar-refractivity contribution in [2.75, 3.05) is 19.8 Å². The van der Waals surface area contributed by atoms with Crippen molar-refractivity contribution in [1.29, 1.82) is 0 Å². The van der Waals surface area contributed by atoms with Crippen molar-refractivity contribution in [3.63, 3.8) is 0 Å². The average molecular weight is 646 g/mol. The number of carbonyl (C=O) groups is 1. The average Bonchev–Trinajstić information content (AvgIpc) is 3.02. The standard InChI is InChI=1S/C25H43NO18/c1-7-13(26-9-2-8(3-27)14(33)18(37)15(9)34)17(36)20(39)24(41-7)44-23-12(6-30)42-25(21(40)19(23)38)43-22(11(32)5-29)16(35)10(31)4-28/h2,4,7,9-27,29-40H,3,5-6H2,1H3/t7-,9+,10+,11+,12-,13+,14-,15-,16+,17+,18-,19-,20+,21+,22+,23+,24+,25+/m0/s1. The molecule has 0 bridgehead atoms. The van der Waals surface area contributed by atoms with Crippen LogP contribution in [0.5, 0.6) is 0 Å². The first kappa shape index (κ1) is 37.2. The van der Waals surface area contributed by atoms with Crippen LogP contribution in [0.4, 0.5) is 0 Å². The third-order valence-corrected chi connectivity index (χ3v) is 8.03. The Labute approximate surface area is 250 Å². The van der Waals surface area contributed by atoms with Crippen molar-refractivity contribution in [2.45, 2.75) is 117 Å². The predicted octanol–water partition coefficient (Wildman–Crippen LogP) is -8.72. The number of aliphatic hydroxyl groups is 13. The maximum atomic E-state index is 10.9. The van der Waals surface area contributed by atoms with Crippen molar-refractivity contribution in [3.8, 4) is 0 Å². The molecule has 14 N–H and O–H groups in total. The minimum Gasteiger partial charge on any atom is -0.394 e. The van der Waals surface area contributed by atoms with Crippen LogP contribution in [-0.4, -0.2) is 203 Å². The molecule has 0 saturated carbocycles. The molecule has 18 atom stereocenters. The summed E-state index contributed by atoms with van der Waals surface area (Å²) < 4.78 is 22.0. The third-order valence-electron chi connectivity index (χ3n) is 8.03. The highest BCUT2D eigenvalue weighted by molar-refractivity contribution is 5.56. The van der Waals surface area contributed by atoms with Crippen LogP contribution in [0, 0.1) is 0 Å². The summed E-state index contributed by atoms with van der Waals surface area (Å²) in [6.07, 6.45) is -26.8. The van der Waals surface area contributed by atoms with Crippen LogP contribution in [-0.2, 0) is 23.7 Å². The smallest absolute Gasteiger partial charge is 0.187 e. The van der Waals surface area contributed by atoms with E-state index in [4.69, 9.17) is 18.9 Å². The summed E-state index contributed by atoms with van der Waals surface area (Å²) in [6, 6.07) is -2.21. The van der Waals surface area contributed by atoms with E-state index >= 15 is 0 Å². The van der Waals surface area contributed by atoms with Gasteiger partial charge < -0.3 is 95.4 Å². The van der Waals surface area contributed by atoms with Crippen molar-refractivity contribution >= 4 is 6.29 Å². The first-order valence-electron chi connectivity index (χ1n) is 13.9. The van der Waals surface area contributed by atoms with Crippen LogP contribution in [0.3, 0.4) is 0 Å². The van der Waals surface area contributed by atoms with Gasteiger partial charge in [0.25, 0.3) is 0 Å². The van der Waals surface area contributed by atoms with E-state index in [1.54, 1.807) is 0 Å². The molecule has 0 unspecified atom stereocenters. The van der Waals surface area contributed by atoms with Crippen LogP contribution < -0.4 is 5.32 Å². The second kappa shape index (κ2) is 16.0. The molecule has 2 heterocycles. The number of rotatable bonds is 13. The van der Waals surface area contributed by atoms with Crippen molar-refractivity contribution in [2.24, 2.45) is 0 Å². The highest BCUT2D eigenvalue weighted by Gasteiger charge is 2.52. The van der Waals surface area contributed by atoms with E-state index < -0.39 is 130 Å². The van der Waals surface area contributed by atoms with E-state index in [9.17, 15) is 71.2 Å². The predicted molar refractivity (Wildman–Crippen MR) is 139 cm³/mol. The fourth-order valence-electron chi connectivity index (χ4n) is 5.36. The van der Waals surface area contributed by atoms with Gasteiger partial charge in [0.2, 0.25) is 0 Å². The van der Waals surface area contributed by atoms with Gasteiger partial charge in [0, 0.05) is 0 Å². The molecule has 0 spiro atoms. The molecule has 2 fully saturated rings. The number of ether oxygens (including phenoxy) is 4. The minimum atomic E-state index is -2.10. The lowest BCUT2D eigenvalue weighted by molar-refractivity contribution is -0.361. The molecule has 0 amide bonds. The Morgan fingerprint density at radius 2 is 1.52 bits per heavy atom. The maximum absolute atomic E-state index is 10.9. The van der Waals surface area contributed by atoms with Gasteiger partial charge in [-0.3, -0.25) is 0 Å². The van der Waals surface area contributed by atoms with Crippen molar-refractivity contribution in [3.05, 3.63) is 11.6 Å². The molecule has 0 aromatic carbocycles. The van der Waals surface area contributed by atoms with Gasteiger partial charge in [-0.15, -0.1) is 0 Å². The first-order valence-corrected chi connectivity index (χ1v) is 13.9. The molecule has 44 heavy (non-hydrogen) atoms. The SMILES string of the molecule is C[C@@H]1O[C@H](O[C@H]2[C@@H](O)[C@@H](O)[C@@H](O[C@@H]([C@H](O)[C@H](O)C=O)[C@H](O)CO)O[C@H]2CO)[C@H](O)[C@H](O)[C@@H]1N[C@@H]1C=C(CO)[C@H](O)[C@H](O)[C@H]1O. The van der Waals surface area contributed by atoms with Gasteiger partial charge in [-0.25, -0.2) is 0 Å². The van der Waals surface area contributed by atoms with Gasteiger partial charge in [-0.05, 0) is 12.5 Å². The number of nitrogens with one attached hydrogen (secondary N) is 1. The van der Waals surface area contributed by atoms with Gasteiger partial charge in [-0.1, -0.05) is 6.08 Å². The minimum absolute atomic E-state index is 0.00900. The Kier molecular flexibility index (Phi) is 13.5. The monoisotopic (exact) mass is 645 g/mol. The van der Waals surface area contributed by atoms with E-state index in [0.717, 1.165) is 0 Å². The largest absolute Gasteiger partial charge is 0.394 e. The lowest BCUT2D eigenvalue weighted by atomic mass is 9.86. The van der Waals surface area contributed by atoms with Crippen LogP contribution in [0.2, 0.25) is 0 Å². The highest BCUT2D eigenvalue weighted by Crippen LogP contribution is 2.31. The molecule has 0 radical (unpaired) electrons. The Hall–Kier alpha value is -1.31. The second-order valence-electron chi connectivity index (χ2n) is 11.0. The summed E-state index contributed by atoms with van der Waals surface area (Å²) >= 11 is 0. The molecule has 19 heteroatoms. The first-order chi connectivity index (χ1) is 20.7. The van der Waals surface area contributed by atoms with Crippen molar-refractivity contribution < 1.29 is 90.1 Å².